The SMILES string of the molecule is COC1CCN(S(=O)(=O)Nc2ccc(OC(F)(F)F)c(C#N)c2)CC1. The van der Waals surface area contributed by atoms with Crippen LogP contribution in [-0.2, 0) is 14.9 Å². The molecular weight excluding hydrogens is 363 g/mol. The molecule has 0 atom stereocenters. The zero-order chi connectivity index (χ0) is 18.7. The Kier molecular flexibility index (Phi) is 5.76. The Morgan fingerprint density at radius 3 is 2.48 bits per heavy atom. The first-order valence-corrected chi connectivity index (χ1v) is 8.69. The van der Waals surface area contributed by atoms with E-state index in [9.17, 15) is 21.6 Å². The average Bonchev–Trinajstić information content (AvgIpc) is 2.54. The molecule has 0 radical (unpaired) electrons. The predicted octanol–water partition coefficient (Wildman–Crippen LogP) is 2.22. The first-order chi connectivity index (χ1) is 11.6. The van der Waals surface area contributed by atoms with Crippen LogP contribution in [0.1, 0.15) is 18.4 Å². The van der Waals surface area contributed by atoms with E-state index in [1.54, 1.807) is 13.2 Å². The van der Waals surface area contributed by atoms with E-state index in [1.165, 1.54) is 4.31 Å². The van der Waals surface area contributed by atoms with Gasteiger partial charge in [-0.15, -0.1) is 13.2 Å². The summed E-state index contributed by atoms with van der Waals surface area (Å²) in [6, 6.07) is 4.52. The fraction of sp³-hybridized carbons (Fsp3) is 0.500. The lowest BCUT2D eigenvalue weighted by molar-refractivity contribution is -0.274. The monoisotopic (exact) mass is 379 g/mol. The molecule has 0 unspecified atom stereocenters. The van der Waals surface area contributed by atoms with E-state index in [0.29, 0.717) is 12.8 Å². The van der Waals surface area contributed by atoms with Crippen molar-refractivity contribution in [2.24, 2.45) is 0 Å². The third kappa shape index (κ3) is 5.22. The Hall–Kier alpha value is -2.03. The molecule has 0 amide bonds. The molecule has 138 valence electrons. The van der Waals surface area contributed by atoms with Crippen LogP contribution < -0.4 is 9.46 Å². The first-order valence-electron chi connectivity index (χ1n) is 7.25. The minimum atomic E-state index is -4.95. The third-order valence-corrected chi connectivity index (χ3v) is 5.19. The summed E-state index contributed by atoms with van der Waals surface area (Å²) in [5, 5.41) is 8.94. The van der Waals surface area contributed by atoms with Crippen molar-refractivity contribution in [3.05, 3.63) is 23.8 Å². The maximum Gasteiger partial charge on any atom is 0.573 e. The number of hydrogen-bond donors (Lipinski definition) is 1. The van der Waals surface area contributed by atoms with Crippen LogP contribution in [0, 0.1) is 11.3 Å². The molecule has 0 bridgehead atoms. The molecule has 1 aromatic carbocycles. The number of nitrogens with one attached hydrogen (secondary N) is 1. The van der Waals surface area contributed by atoms with E-state index in [4.69, 9.17) is 10.00 Å². The van der Waals surface area contributed by atoms with Crippen molar-refractivity contribution >= 4 is 15.9 Å². The summed E-state index contributed by atoms with van der Waals surface area (Å²) in [4.78, 5) is 0. The van der Waals surface area contributed by atoms with Gasteiger partial charge in [0.2, 0.25) is 0 Å². The lowest BCUT2D eigenvalue weighted by Crippen LogP contribution is -2.43. The molecule has 1 N–H and O–H groups in total. The third-order valence-electron chi connectivity index (χ3n) is 3.65. The van der Waals surface area contributed by atoms with Crippen molar-refractivity contribution in [1.29, 1.82) is 5.26 Å². The summed E-state index contributed by atoms with van der Waals surface area (Å²) in [6.07, 6.45) is -3.87. The number of alkyl halides is 3. The zero-order valence-electron chi connectivity index (χ0n) is 13.2. The maximum atomic E-state index is 12.3. The molecule has 0 aliphatic carbocycles. The number of anilines is 1. The Labute approximate surface area is 143 Å². The van der Waals surface area contributed by atoms with Crippen LogP contribution in [0.4, 0.5) is 18.9 Å². The molecule has 1 aromatic rings. The van der Waals surface area contributed by atoms with Crippen LogP contribution in [0.2, 0.25) is 0 Å². The predicted molar refractivity (Wildman–Crippen MR) is 82.0 cm³/mol. The molecule has 1 heterocycles. The minimum Gasteiger partial charge on any atom is -0.404 e. The number of ether oxygens (including phenoxy) is 2. The number of benzene rings is 1. The van der Waals surface area contributed by atoms with Crippen LogP contribution in [0.15, 0.2) is 18.2 Å². The van der Waals surface area contributed by atoms with Gasteiger partial charge in [0.15, 0.2) is 0 Å². The number of nitrogens with zero attached hydrogens (tertiary/aromatic N) is 2. The molecule has 2 rings (SSSR count). The highest BCUT2D eigenvalue weighted by molar-refractivity contribution is 7.90. The summed E-state index contributed by atoms with van der Waals surface area (Å²) in [5.41, 5.74) is -0.462. The maximum absolute atomic E-state index is 12.3. The Morgan fingerprint density at radius 2 is 1.96 bits per heavy atom. The number of halogens is 3. The van der Waals surface area contributed by atoms with Crippen LogP contribution in [-0.4, -0.2) is 45.4 Å². The number of hydrogen-bond acceptors (Lipinski definition) is 5. The highest BCUT2D eigenvalue weighted by Crippen LogP contribution is 2.29. The van der Waals surface area contributed by atoms with Gasteiger partial charge in [0, 0.05) is 20.2 Å². The first kappa shape index (κ1) is 19.3. The zero-order valence-corrected chi connectivity index (χ0v) is 14.0. The quantitative estimate of drug-likeness (QED) is 0.847. The summed E-state index contributed by atoms with van der Waals surface area (Å²) in [6.45, 7) is 0.516. The summed E-state index contributed by atoms with van der Waals surface area (Å²) in [7, 11) is -2.33. The second-order valence-electron chi connectivity index (χ2n) is 5.31. The standard InChI is InChI=1S/C14H16F3N3O4S/c1-23-12-4-6-20(7-5-12)25(21,22)19-11-2-3-13(10(8-11)9-18)24-14(15,16)17/h2-3,8,12,19H,4-7H2,1H3. The van der Waals surface area contributed by atoms with Crippen LogP contribution in [0.5, 0.6) is 5.75 Å². The van der Waals surface area contributed by atoms with Gasteiger partial charge in [-0.2, -0.15) is 18.0 Å². The summed E-state index contributed by atoms with van der Waals surface area (Å²) >= 11 is 0. The Balaban J connectivity index is 2.13. The van der Waals surface area contributed by atoms with E-state index < -0.39 is 27.9 Å². The molecule has 7 nitrogen and oxygen atoms in total. The van der Waals surface area contributed by atoms with Crippen LogP contribution >= 0.6 is 0 Å². The van der Waals surface area contributed by atoms with Gasteiger partial charge in [0.05, 0.1) is 17.4 Å². The van der Waals surface area contributed by atoms with Crippen molar-refractivity contribution in [3.8, 4) is 11.8 Å². The van der Waals surface area contributed by atoms with Gasteiger partial charge in [0.1, 0.15) is 11.8 Å². The van der Waals surface area contributed by atoms with E-state index in [-0.39, 0.29) is 24.9 Å². The second kappa shape index (κ2) is 7.47. The number of nitriles is 1. The van der Waals surface area contributed by atoms with E-state index in [2.05, 4.69) is 9.46 Å². The average molecular weight is 379 g/mol. The second-order valence-corrected chi connectivity index (χ2v) is 6.98. The molecular formula is C14H16F3N3O4S. The molecule has 1 aliphatic heterocycles. The Morgan fingerprint density at radius 1 is 1.32 bits per heavy atom. The lowest BCUT2D eigenvalue weighted by atomic mass is 10.1. The van der Waals surface area contributed by atoms with Gasteiger partial charge in [-0.05, 0) is 31.0 Å². The molecule has 25 heavy (non-hydrogen) atoms. The van der Waals surface area contributed by atoms with Crippen molar-refractivity contribution in [3.63, 3.8) is 0 Å². The van der Waals surface area contributed by atoms with Gasteiger partial charge in [-0.25, -0.2) is 0 Å². The van der Waals surface area contributed by atoms with Gasteiger partial charge in [0.25, 0.3) is 0 Å². The topological polar surface area (TPSA) is 91.7 Å². The van der Waals surface area contributed by atoms with Crippen molar-refractivity contribution in [2.45, 2.75) is 25.3 Å². The lowest BCUT2D eigenvalue weighted by Gasteiger charge is -2.30. The fourth-order valence-electron chi connectivity index (χ4n) is 2.42. The molecule has 0 saturated carbocycles. The number of rotatable bonds is 5. The minimum absolute atomic E-state index is 0.00422. The van der Waals surface area contributed by atoms with Gasteiger partial charge in [-0.3, -0.25) is 4.72 Å². The smallest absolute Gasteiger partial charge is 0.404 e. The molecule has 0 spiro atoms. The number of piperidine rings is 1. The van der Waals surface area contributed by atoms with Crippen molar-refractivity contribution < 1.29 is 31.1 Å². The fourth-order valence-corrected chi connectivity index (χ4v) is 3.66. The van der Waals surface area contributed by atoms with Crippen LogP contribution in [0.25, 0.3) is 0 Å². The Bertz CT molecular complexity index is 754. The normalized spacial score (nSPS) is 17.1. The highest BCUT2D eigenvalue weighted by atomic mass is 32.2. The van der Waals surface area contributed by atoms with Gasteiger partial charge in [-0.1, -0.05) is 0 Å². The van der Waals surface area contributed by atoms with Crippen molar-refractivity contribution in [2.75, 3.05) is 24.9 Å². The highest BCUT2D eigenvalue weighted by Gasteiger charge is 2.32. The summed E-state index contributed by atoms with van der Waals surface area (Å²) < 4.78 is 73.9. The molecule has 11 heteroatoms. The number of methoxy groups -OCH3 is 1. The van der Waals surface area contributed by atoms with Crippen molar-refractivity contribution in [1.82, 2.24) is 4.31 Å². The van der Waals surface area contributed by atoms with Gasteiger partial charge >= 0.3 is 16.6 Å². The van der Waals surface area contributed by atoms with Gasteiger partial charge < -0.3 is 9.47 Å². The largest absolute Gasteiger partial charge is 0.573 e. The molecule has 1 aliphatic rings. The molecule has 1 fully saturated rings. The summed E-state index contributed by atoms with van der Waals surface area (Å²) in [5.74, 6) is -0.696. The van der Waals surface area contributed by atoms with E-state index in [0.717, 1.165) is 18.2 Å². The van der Waals surface area contributed by atoms with Crippen LogP contribution in [0.3, 0.4) is 0 Å². The van der Waals surface area contributed by atoms with E-state index >= 15 is 0 Å². The van der Waals surface area contributed by atoms with E-state index in [1.807, 2.05) is 0 Å². The molecule has 0 aromatic heterocycles. The molecule has 1 saturated heterocycles.